The van der Waals surface area contributed by atoms with E-state index in [-0.39, 0.29) is 22.7 Å². The molecule has 0 aliphatic heterocycles. The minimum Gasteiger partial charge on any atom is -0.393 e. The molecule has 0 amide bonds. The van der Waals surface area contributed by atoms with E-state index >= 15 is 0 Å². The lowest BCUT2D eigenvalue weighted by Crippen LogP contribution is -2.44. The number of hydrogen-bond donors (Lipinski definition) is 1. The van der Waals surface area contributed by atoms with Crippen molar-refractivity contribution in [3.63, 3.8) is 0 Å². The van der Waals surface area contributed by atoms with Gasteiger partial charge in [0, 0.05) is 11.0 Å². The van der Waals surface area contributed by atoms with Crippen LogP contribution in [-0.2, 0) is 4.79 Å². The molecule has 30 heavy (non-hydrogen) atoms. The Bertz CT molecular complexity index is 799. The van der Waals surface area contributed by atoms with Crippen molar-refractivity contribution in [3.8, 4) is 0 Å². The zero-order valence-electron chi connectivity index (χ0n) is 20.0. The molecule has 4 aliphatic carbocycles. The largest absolute Gasteiger partial charge is 0.393 e. The second-order valence-corrected chi connectivity index (χ2v) is 11.7. The van der Waals surface area contributed by atoms with Gasteiger partial charge in [-0.05, 0) is 86.0 Å². The van der Waals surface area contributed by atoms with Gasteiger partial charge >= 0.3 is 0 Å². The van der Waals surface area contributed by atoms with E-state index in [0.29, 0.717) is 36.0 Å². The van der Waals surface area contributed by atoms with Gasteiger partial charge in [-0.25, -0.2) is 0 Å². The van der Waals surface area contributed by atoms with Crippen molar-refractivity contribution in [1.29, 1.82) is 0 Å². The molecule has 3 unspecified atom stereocenters. The summed E-state index contributed by atoms with van der Waals surface area (Å²) in [6.45, 7) is 14.1. The first-order valence-corrected chi connectivity index (χ1v) is 12.4. The van der Waals surface area contributed by atoms with Crippen molar-refractivity contribution in [2.45, 2.75) is 92.6 Å². The van der Waals surface area contributed by atoms with Crippen LogP contribution in [0.2, 0.25) is 0 Å². The molecule has 0 bridgehead atoms. The molecule has 2 nitrogen and oxygen atoms in total. The number of allylic oxidation sites excluding steroid dienone is 5. The Morgan fingerprint density at radius 2 is 1.80 bits per heavy atom. The number of fused-ring (bicyclic) bond motifs is 4. The molecular weight excluding hydrogens is 368 g/mol. The fourth-order valence-corrected chi connectivity index (χ4v) is 7.30. The van der Waals surface area contributed by atoms with Gasteiger partial charge in [0.1, 0.15) is 0 Å². The van der Waals surface area contributed by atoms with Gasteiger partial charge in [0.2, 0.25) is 0 Å². The molecule has 1 N–H and O–H groups in total. The van der Waals surface area contributed by atoms with Crippen molar-refractivity contribution < 1.29 is 9.90 Å². The van der Waals surface area contributed by atoms with Crippen LogP contribution >= 0.6 is 0 Å². The number of aliphatic hydroxyl groups excluding tert-OH is 1. The third kappa shape index (κ3) is 3.38. The standard InChI is InChI=1S/C28H42O2/c1-17(2)18(3)7-8-19(4)22-9-10-23-26-24(12-14-28(22,23)6)27(5)13-11-21(29)15-20(27)16-25(26)30/h7-8,16-19,21-23,29H,9-15H2,1-6H3/b8-7+/t18?,19?,21-,22+,23?,27-,28+/m0/s1. The third-order valence-electron chi connectivity index (χ3n) is 9.78. The fourth-order valence-electron chi connectivity index (χ4n) is 7.30. The number of hydrogen-bond acceptors (Lipinski definition) is 2. The van der Waals surface area contributed by atoms with Crippen LogP contribution in [-0.4, -0.2) is 17.0 Å². The number of rotatable bonds is 4. The monoisotopic (exact) mass is 410 g/mol. The summed E-state index contributed by atoms with van der Waals surface area (Å²) < 4.78 is 0. The maximum absolute atomic E-state index is 13.4. The smallest absolute Gasteiger partial charge is 0.182 e. The van der Waals surface area contributed by atoms with E-state index in [9.17, 15) is 9.90 Å². The first-order valence-electron chi connectivity index (χ1n) is 12.4. The summed E-state index contributed by atoms with van der Waals surface area (Å²) in [5.41, 5.74) is 4.06. The van der Waals surface area contributed by atoms with Crippen molar-refractivity contribution in [3.05, 3.63) is 34.9 Å². The molecular formula is C28H42O2. The highest BCUT2D eigenvalue weighted by molar-refractivity contribution is 6.07. The Labute approximate surface area is 183 Å². The van der Waals surface area contributed by atoms with E-state index in [2.05, 4.69) is 53.7 Å². The highest BCUT2D eigenvalue weighted by atomic mass is 16.3. The predicted molar refractivity (Wildman–Crippen MR) is 124 cm³/mol. The number of carbonyl (C=O) groups is 1. The first kappa shape index (κ1) is 22.1. The van der Waals surface area contributed by atoms with Crippen LogP contribution in [0.15, 0.2) is 34.9 Å². The molecule has 7 atom stereocenters. The normalized spacial score (nSPS) is 40.9. The molecule has 2 fully saturated rings. The van der Waals surface area contributed by atoms with Gasteiger partial charge in [-0.15, -0.1) is 0 Å². The zero-order valence-corrected chi connectivity index (χ0v) is 20.0. The molecule has 2 saturated carbocycles. The molecule has 2 heteroatoms. The molecule has 0 spiro atoms. The summed E-state index contributed by atoms with van der Waals surface area (Å²) in [5.74, 6) is 3.19. The van der Waals surface area contributed by atoms with Gasteiger partial charge in [0.15, 0.2) is 5.78 Å². The van der Waals surface area contributed by atoms with Crippen LogP contribution in [0.1, 0.15) is 86.5 Å². The predicted octanol–water partition coefficient (Wildman–Crippen LogP) is 6.65. The lowest BCUT2D eigenvalue weighted by molar-refractivity contribution is -0.113. The molecule has 0 aromatic heterocycles. The van der Waals surface area contributed by atoms with Crippen molar-refractivity contribution in [2.24, 2.45) is 40.4 Å². The average molecular weight is 411 g/mol. The Kier molecular flexibility index (Phi) is 5.71. The van der Waals surface area contributed by atoms with Gasteiger partial charge in [-0.2, -0.15) is 0 Å². The topological polar surface area (TPSA) is 37.3 Å². The van der Waals surface area contributed by atoms with E-state index in [0.717, 1.165) is 25.7 Å². The van der Waals surface area contributed by atoms with Crippen LogP contribution in [0.5, 0.6) is 0 Å². The van der Waals surface area contributed by atoms with Crippen LogP contribution < -0.4 is 0 Å². The van der Waals surface area contributed by atoms with Crippen LogP contribution in [0, 0.1) is 40.4 Å². The Balaban J connectivity index is 1.62. The number of ketones is 1. The summed E-state index contributed by atoms with van der Waals surface area (Å²) in [4.78, 5) is 13.4. The molecule has 166 valence electrons. The average Bonchev–Trinajstić information content (AvgIpc) is 3.04. The van der Waals surface area contributed by atoms with Crippen LogP contribution in [0.25, 0.3) is 0 Å². The summed E-state index contributed by atoms with van der Waals surface area (Å²) in [6, 6.07) is 0. The van der Waals surface area contributed by atoms with Gasteiger partial charge < -0.3 is 5.11 Å². The van der Waals surface area contributed by atoms with Gasteiger partial charge in [-0.1, -0.05) is 64.8 Å². The summed E-state index contributed by atoms with van der Waals surface area (Å²) in [6.07, 6.45) is 13.7. The number of carbonyl (C=O) groups excluding carboxylic acids is 1. The summed E-state index contributed by atoms with van der Waals surface area (Å²) >= 11 is 0. The van der Waals surface area contributed by atoms with E-state index in [1.165, 1.54) is 29.6 Å². The zero-order chi connectivity index (χ0) is 21.8. The maximum atomic E-state index is 13.4. The fraction of sp³-hybridized carbons (Fsp3) is 0.750. The van der Waals surface area contributed by atoms with Crippen molar-refractivity contribution in [2.75, 3.05) is 0 Å². The van der Waals surface area contributed by atoms with Gasteiger partial charge in [-0.3, -0.25) is 4.79 Å². The third-order valence-corrected chi connectivity index (χ3v) is 9.78. The Morgan fingerprint density at radius 3 is 2.50 bits per heavy atom. The first-order chi connectivity index (χ1) is 14.1. The molecule has 0 heterocycles. The minimum atomic E-state index is -0.273. The second-order valence-electron chi connectivity index (χ2n) is 11.7. The van der Waals surface area contributed by atoms with Crippen LogP contribution in [0.4, 0.5) is 0 Å². The van der Waals surface area contributed by atoms with E-state index in [1.54, 1.807) is 0 Å². The van der Waals surface area contributed by atoms with Crippen LogP contribution in [0.3, 0.4) is 0 Å². The molecule has 4 aliphatic rings. The molecule has 0 radical (unpaired) electrons. The molecule has 0 saturated heterocycles. The number of aliphatic hydroxyl groups is 1. The molecule has 0 aromatic carbocycles. The summed E-state index contributed by atoms with van der Waals surface area (Å²) in [7, 11) is 0. The van der Waals surface area contributed by atoms with E-state index < -0.39 is 0 Å². The lowest BCUT2D eigenvalue weighted by Gasteiger charge is -2.51. The second kappa shape index (κ2) is 7.76. The highest BCUT2D eigenvalue weighted by Gasteiger charge is 2.56. The Morgan fingerprint density at radius 1 is 1.07 bits per heavy atom. The SMILES string of the molecule is CC(C)C(C)/C=C/C(C)[C@H]1CCC2C3=C(CC[C@@]21C)[C@@]1(C)CC[C@H](O)CC1=CC3=O. The summed E-state index contributed by atoms with van der Waals surface area (Å²) in [5, 5.41) is 10.2. The maximum Gasteiger partial charge on any atom is 0.182 e. The van der Waals surface area contributed by atoms with Gasteiger partial charge in [0.05, 0.1) is 6.10 Å². The Hall–Kier alpha value is -1.15. The lowest BCUT2D eigenvalue weighted by atomic mass is 9.53. The quantitative estimate of drug-likeness (QED) is 0.527. The van der Waals surface area contributed by atoms with Crippen molar-refractivity contribution >= 4 is 5.78 Å². The van der Waals surface area contributed by atoms with E-state index in [4.69, 9.17) is 0 Å². The molecule has 4 rings (SSSR count). The minimum absolute atomic E-state index is 0.0140. The van der Waals surface area contributed by atoms with E-state index in [1.807, 2.05) is 6.08 Å². The van der Waals surface area contributed by atoms with Gasteiger partial charge in [0.25, 0.3) is 0 Å². The van der Waals surface area contributed by atoms with Crippen molar-refractivity contribution in [1.82, 2.24) is 0 Å². The highest BCUT2D eigenvalue weighted by Crippen LogP contribution is 2.64. The molecule has 0 aromatic rings.